The zero-order chi connectivity index (χ0) is 25.1. The van der Waals surface area contributed by atoms with Crippen LogP contribution in [0.25, 0.3) is 0 Å². The third-order valence-corrected chi connectivity index (χ3v) is 6.08. The smallest absolute Gasteiger partial charge is 0.347 e. The maximum Gasteiger partial charge on any atom is 0.347 e. The number of carboxylic acid groups (broad SMARTS) is 1. The number of benzene rings is 1. The molecule has 0 saturated heterocycles. The third kappa shape index (κ3) is 8.93. The van der Waals surface area contributed by atoms with Crippen LogP contribution in [0.5, 0.6) is 5.75 Å². The van der Waals surface area contributed by atoms with E-state index in [-0.39, 0.29) is 0 Å². The molecule has 0 aliphatic carbocycles. The van der Waals surface area contributed by atoms with Crippen LogP contribution in [0.1, 0.15) is 71.8 Å². The Labute approximate surface area is 208 Å². The van der Waals surface area contributed by atoms with Crippen molar-refractivity contribution in [2.45, 2.75) is 85.3 Å². The topological polar surface area (TPSA) is 77.5 Å². The van der Waals surface area contributed by atoms with Crippen LogP contribution < -0.4 is 4.74 Å². The van der Waals surface area contributed by atoms with Crippen molar-refractivity contribution in [1.29, 1.82) is 0 Å². The summed E-state index contributed by atoms with van der Waals surface area (Å²) >= 11 is 5.32. The van der Waals surface area contributed by atoms with Crippen LogP contribution in [0.15, 0.2) is 52.5 Å². The van der Waals surface area contributed by atoms with E-state index in [4.69, 9.17) is 21.4 Å². The van der Waals surface area contributed by atoms with Gasteiger partial charge in [0.15, 0.2) is 5.60 Å². The largest absolute Gasteiger partial charge is 0.478 e. The monoisotopic (exact) mass is 486 g/mol. The number of aromatic nitrogens is 2. The van der Waals surface area contributed by atoms with E-state index in [1.807, 2.05) is 12.1 Å². The van der Waals surface area contributed by atoms with Crippen LogP contribution in [0.2, 0.25) is 0 Å². The number of hydrogen-bond acceptors (Lipinski definition) is 5. The van der Waals surface area contributed by atoms with E-state index in [0.717, 1.165) is 31.2 Å². The zero-order valence-electron chi connectivity index (χ0n) is 21.0. The number of unbranched alkanes of at least 4 members (excludes halogenated alkanes) is 1. The van der Waals surface area contributed by atoms with Crippen molar-refractivity contribution in [3.05, 3.63) is 64.4 Å². The molecule has 0 aliphatic heterocycles. The Hall–Kier alpha value is -2.67. The zero-order valence-corrected chi connectivity index (χ0v) is 21.9. The lowest BCUT2D eigenvalue weighted by Crippen LogP contribution is -2.37. The van der Waals surface area contributed by atoms with E-state index >= 15 is 0 Å². The van der Waals surface area contributed by atoms with Crippen molar-refractivity contribution in [1.82, 2.24) is 9.78 Å². The number of aliphatic carboxylic acids is 1. The highest BCUT2D eigenvalue weighted by atomic mass is 32.1. The van der Waals surface area contributed by atoms with Gasteiger partial charge in [-0.2, -0.15) is 0 Å². The lowest BCUT2D eigenvalue weighted by atomic mass is 9.97. The van der Waals surface area contributed by atoms with E-state index in [1.54, 1.807) is 16.8 Å². The molecule has 2 rings (SSSR count). The Bertz CT molecular complexity index is 1030. The average molecular weight is 487 g/mol. The molecule has 1 unspecified atom stereocenters. The molecular weight excluding hydrogens is 448 g/mol. The lowest BCUT2D eigenvalue weighted by molar-refractivity contribution is -0.152. The minimum Gasteiger partial charge on any atom is -0.478 e. The van der Waals surface area contributed by atoms with E-state index < -0.39 is 11.6 Å². The third-order valence-electron chi connectivity index (χ3n) is 5.78. The van der Waals surface area contributed by atoms with Crippen LogP contribution in [-0.2, 0) is 24.2 Å². The molecule has 0 fully saturated rings. The number of aryl methyl sites for hydroxylation is 2. The number of nitrogens with zero attached hydrogens (tertiary/aromatic N) is 2. The summed E-state index contributed by atoms with van der Waals surface area (Å²) in [6.45, 7) is 10.3. The van der Waals surface area contributed by atoms with Crippen molar-refractivity contribution in [2.75, 3.05) is 0 Å². The van der Waals surface area contributed by atoms with Crippen LogP contribution in [0, 0.1) is 10.8 Å². The van der Waals surface area contributed by atoms with Crippen molar-refractivity contribution in [2.24, 2.45) is 5.92 Å². The van der Waals surface area contributed by atoms with Crippen molar-refractivity contribution >= 4 is 18.2 Å². The van der Waals surface area contributed by atoms with Gasteiger partial charge in [0, 0.05) is 6.42 Å². The summed E-state index contributed by atoms with van der Waals surface area (Å²) in [5.41, 5.74) is 1.32. The van der Waals surface area contributed by atoms with Gasteiger partial charge in [-0.05, 0) is 82.3 Å². The maximum atomic E-state index is 11.2. The van der Waals surface area contributed by atoms with Gasteiger partial charge in [0.1, 0.15) is 5.75 Å². The van der Waals surface area contributed by atoms with Crippen molar-refractivity contribution in [3.63, 3.8) is 0 Å². The Kier molecular flexibility index (Phi) is 10.8. The van der Waals surface area contributed by atoms with Gasteiger partial charge in [-0.25, -0.2) is 9.48 Å². The molecule has 1 atom stereocenters. The normalized spacial score (nSPS) is 13.4. The molecule has 2 aromatic rings. The van der Waals surface area contributed by atoms with Crippen LogP contribution in [-0.4, -0.2) is 26.5 Å². The molecule has 1 N–H and O–H groups in total. The predicted octanol–water partition coefficient (Wildman–Crippen LogP) is 6.95. The van der Waals surface area contributed by atoms with Gasteiger partial charge in [-0.3, -0.25) is 0 Å². The standard InChI is InChI=1S/C27H38N2O4S/c1-6-7-11-20(2)21(3)12-8-9-19-29-26(34)32-24(28-29)14-10-13-22-15-17-23(18-16-22)33-27(4,5)25(30)31/h8-9,11,15-18,21H,6-7,10,12-14,19H2,1-5H3,(H,30,31)/b9-8+,20-11-. The second kappa shape index (κ2) is 13.3. The molecule has 1 aromatic heterocycles. The first-order chi connectivity index (χ1) is 16.1. The second-order valence-electron chi connectivity index (χ2n) is 9.20. The predicted molar refractivity (Wildman–Crippen MR) is 138 cm³/mol. The summed E-state index contributed by atoms with van der Waals surface area (Å²) in [5.74, 6) is 0.719. The number of carbonyl (C=O) groups is 1. The molecule has 1 aromatic carbocycles. The highest BCUT2D eigenvalue weighted by Crippen LogP contribution is 2.20. The fourth-order valence-corrected chi connectivity index (χ4v) is 3.52. The number of rotatable bonds is 14. The summed E-state index contributed by atoms with van der Waals surface area (Å²) in [4.78, 5) is 11.6. The summed E-state index contributed by atoms with van der Waals surface area (Å²) in [6.07, 6.45) is 12.4. The van der Waals surface area contributed by atoms with Gasteiger partial charge in [-0.15, -0.1) is 5.10 Å². The van der Waals surface area contributed by atoms with Gasteiger partial charge in [0.05, 0.1) is 6.54 Å². The van der Waals surface area contributed by atoms with Crippen LogP contribution >= 0.6 is 12.2 Å². The molecular formula is C27H38N2O4S. The first kappa shape index (κ1) is 27.6. The Morgan fingerprint density at radius 2 is 1.97 bits per heavy atom. The summed E-state index contributed by atoms with van der Waals surface area (Å²) in [7, 11) is 0. The first-order valence-electron chi connectivity index (χ1n) is 12.0. The van der Waals surface area contributed by atoms with E-state index in [9.17, 15) is 9.90 Å². The van der Waals surface area contributed by atoms with Crippen LogP contribution in [0.3, 0.4) is 0 Å². The Morgan fingerprint density at radius 1 is 1.26 bits per heavy atom. The summed E-state index contributed by atoms with van der Waals surface area (Å²) < 4.78 is 12.9. The molecule has 7 heteroatoms. The Balaban J connectivity index is 1.80. The highest BCUT2D eigenvalue weighted by molar-refractivity contribution is 7.71. The molecule has 186 valence electrons. The highest BCUT2D eigenvalue weighted by Gasteiger charge is 2.29. The van der Waals surface area contributed by atoms with Gasteiger partial charge in [-0.1, -0.05) is 56.2 Å². The van der Waals surface area contributed by atoms with E-state index in [0.29, 0.717) is 35.4 Å². The van der Waals surface area contributed by atoms with E-state index in [1.165, 1.54) is 25.8 Å². The lowest BCUT2D eigenvalue weighted by Gasteiger charge is -2.21. The number of ether oxygens (including phenoxy) is 1. The minimum atomic E-state index is -1.26. The van der Waals surface area contributed by atoms with Gasteiger partial charge >= 0.3 is 5.97 Å². The second-order valence-corrected chi connectivity index (χ2v) is 9.55. The van der Waals surface area contributed by atoms with Gasteiger partial charge in [0.2, 0.25) is 5.89 Å². The fraction of sp³-hybridized carbons (Fsp3) is 0.519. The molecule has 0 radical (unpaired) electrons. The molecule has 6 nitrogen and oxygen atoms in total. The molecule has 0 bridgehead atoms. The molecule has 0 saturated carbocycles. The number of hydrogen-bond donors (Lipinski definition) is 1. The molecule has 34 heavy (non-hydrogen) atoms. The first-order valence-corrected chi connectivity index (χ1v) is 12.4. The van der Waals surface area contributed by atoms with Crippen molar-refractivity contribution in [3.8, 4) is 5.75 Å². The fourth-order valence-electron chi connectivity index (χ4n) is 3.31. The van der Waals surface area contributed by atoms with Crippen LogP contribution in [0.4, 0.5) is 0 Å². The average Bonchev–Trinajstić information content (AvgIpc) is 3.14. The molecule has 0 amide bonds. The maximum absolute atomic E-state index is 11.2. The number of allylic oxidation sites excluding steroid dienone is 4. The SMILES string of the molecule is CCC/C=C(/C)C(C)C/C=C/Cn1nc(CCCc2ccc(OC(C)(C)C(=O)O)cc2)oc1=S. The quantitative estimate of drug-likeness (QED) is 0.230. The molecule has 0 aliphatic rings. The molecule has 1 heterocycles. The summed E-state index contributed by atoms with van der Waals surface area (Å²) in [6, 6.07) is 7.50. The van der Waals surface area contributed by atoms with Gasteiger partial charge < -0.3 is 14.3 Å². The Morgan fingerprint density at radius 3 is 2.62 bits per heavy atom. The summed E-state index contributed by atoms with van der Waals surface area (Å²) in [5, 5.41) is 13.7. The number of carboxylic acids is 1. The van der Waals surface area contributed by atoms with E-state index in [2.05, 4.69) is 44.1 Å². The minimum absolute atomic E-state index is 0.397. The van der Waals surface area contributed by atoms with Gasteiger partial charge in [0.25, 0.3) is 4.84 Å². The van der Waals surface area contributed by atoms with Crippen molar-refractivity contribution < 1.29 is 19.1 Å². The molecule has 0 spiro atoms.